The van der Waals surface area contributed by atoms with Crippen molar-refractivity contribution in [2.24, 2.45) is 0 Å². The molecule has 0 atom stereocenters. The van der Waals surface area contributed by atoms with Gasteiger partial charge in [0, 0.05) is 30.5 Å². The summed E-state index contributed by atoms with van der Waals surface area (Å²) in [5.41, 5.74) is 5.63. The third-order valence-electron chi connectivity index (χ3n) is 3.57. The van der Waals surface area contributed by atoms with Crippen molar-refractivity contribution in [3.05, 3.63) is 23.5 Å². The SMILES string of the molecule is Cc1ccc(C)n1NC1CCN(CC(F)(F)F)CC1. The number of aromatic nitrogens is 1. The summed E-state index contributed by atoms with van der Waals surface area (Å²) >= 11 is 0. The van der Waals surface area contributed by atoms with E-state index in [0.717, 1.165) is 24.2 Å². The Kier molecular flexibility index (Phi) is 4.08. The molecular weight excluding hydrogens is 255 g/mol. The van der Waals surface area contributed by atoms with E-state index in [4.69, 9.17) is 0 Å². The zero-order valence-corrected chi connectivity index (χ0v) is 11.3. The van der Waals surface area contributed by atoms with Crippen LogP contribution >= 0.6 is 0 Å². The first-order valence-corrected chi connectivity index (χ1v) is 6.56. The van der Waals surface area contributed by atoms with Crippen LogP contribution < -0.4 is 5.43 Å². The number of rotatable bonds is 3. The monoisotopic (exact) mass is 275 g/mol. The molecule has 0 radical (unpaired) electrons. The molecule has 1 saturated heterocycles. The number of hydrogen-bond donors (Lipinski definition) is 1. The molecule has 0 amide bonds. The second-order valence-corrected chi connectivity index (χ2v) is 5.25. The molecule has 3 nitrogen and oxygen atoms in total. The molecule has 19 heavy (non-hydrogen) atoms. The van der Waals surface area contributed by atoms with Gasteiger partial charge in [-0.25, -0.2) is 0 Å². The van der Waals surface area contributed by atoms with E-state index in [-0.39, 0.29) is 6.04 Å². The highest BCUT2D eigenvalue weighted by Crippen LogP contribution is 2.20. The van der Waals surface area contributed by atoms with E-state index >= 15 is 0 Å². The number of halogens is 3. The highest BCUT2D eigenvalue weighted by atomic mass is 19.4. The van der Waals surface area contributed by atoms with Gasteiger partial charge >= 0.3 is 6.18 Å². The molecule has 2 rings (SSSR count). The quantitative estimate of drug-likeness (QED) is 0.915. The second-order valence-electron chi connectivity index (χ2n) is 5.25. The van der Waals surface area contributed by atoms with E-state index < -0.39 is 12.7 Å². The maximum Gasteiger partial charge on any atom is 0.401 e. The minimum Gasteiger partial charge on any atom is -0.323 e. The predicted octanol–water partition coefficient (Wildman–Crippen LogP) is 2.68. The maximum absolute atomic E-state index is 12.3. The van der Waals surface area contributed by atoms with Gasteiger partial charge in [-0.1, -0.05) is 0 Å². The first kappa shape index (κ1) is 14.2. The van der Waals surface area contributed by atoms with Gasteiger partial charge in [-0.2, -0.15) is 13.2 Å². The number of alkyl halides is 3. The van der Waals surface area contributed by atoms with E-state index in [1.165, 1.54) is 4.90 Å². The van der Waals surface area contributed by atoms with E-state index in [9.17, 15) is 13.2 Å². The van der Waals surface area contributed by atoms with Gasteiger partial charge in [-0.3, -0.25) is 9.58 Å². The molecule has 108 valence electrons. The van der Waals surface area contributed by atoms with Gasteiger partial charge in [0.2, 0.25) is 0 Å². The van der Waals surface area contributed by atoms with Gasteiger partial charge in [0.1, 0.15) is 0 Å². The van der Waals surface area contributed by atoms with E-state index in [2.05, 4.69) is 5.43 Å². The van der Waals surface area contributed by atoms with Crippen LogP contribution in [-0.2, 0) is 0 Å². The molecule has 0 unspecified atom stereocenters. The van der Waals surface area contributed by atoms with Crippen LogP contribution in [0.1, 0.15) is 24.2 Å². The van der Waals surface area contributed by atoms with Crippen LogP contribution in [0.3, 0.4) is 0 Å². The van der Waals surface area contributed by atoms with Crippen molar-refractivity contribution in [1.29, 1.82) is 0 Å². The Balaban J connectivity index is 1.84. The number of nitrogens with zero attached hydrogens (tertiary/aromatic N) is 2. The van der Waals surface area contributed by atoms with Crippen molar-refractivity contribution in [2.75, 3.05) is 25.1 Å². The lowest BCUT2D eigenvalue weighted by molar-refractivity contribution is -0.147. The molecule has 2 heterocycles. The van der Waals surface area contributed by atoms with Gasteiger partial charge in [0.25, 0.3) is 0 Å². The van der Waals surface area contributed by atoms with Crippen LogP contribution in [0.15, 0.2) is 12.1 Å². The summed E-state index contributed by atoms with van der Waals surface area (Å²) in [7, 11) is 0. The fraction of sp³-hybridized carbons (Fsp3) is 0.692. The molecule has 1 fully saturated rings. The molecule has 0 spiro atoms. The number of nitrogens with one attached hydrogen (secondary N) is 1. The normalized spacial score (nSPS) is 18.8. The zero-order valence-electron chi connectivity index (χ0n) is 11.3. The molecule has 1 aliphatic rings. The molecule has 0 saturated carbocycles. The first-order valence-electron chi connectivity index (χ1n) is 6.56. The molecule has 1 N–H and O–H groups in total. The van der Waals surface area contributed by atoms with Crippen LogP contribution in [0, 0.1) is 13.8 Å². The fourth-order valence-corrected chi connectivity index (χ4v) is 2.53. The number of piperidine rings is 1. The summed E-state index contributed by atoms with van der Waals surface area (Å²) in [6, 6.07) is 4.30. The standard InChI is InChI=1S/C13H20F3N3/c1-10-3-4-11(2)19(10)17-12-5-7-18(8-6-12)9-13(14,15)16/h3-4,12,17H,5-9H2,1-2H3. The number of hydrogen-bond acceptors (Lipinski definition) is 2. The number of likely N-dealkylation sites (tertiary alicyclic amines) is 1. The Bertz CT molecular complexity index is 398. The minimum atomic E-state index is -4.09. The average molecular weight is 275 g/mol. The Hall–Kier alpha value is -1.17. The van der Waals surface area contributed by atoms with Gasteiger partial charge in [-0.15, -0.1) is 0 Å². The Morgan fingerprint density at radius 1 is 1.16 bits per heavy atom. The van der Waals surface area contributed by atoms with E-state index in [1.54, 1.807) is 0 Å². The van der Waals surface area contributed by atoms with Crippen LogP contribution in [-0.4, -0.2) is 41.4 Å². The summed E-state index contributed by atoms with van der Waals surface area (Å²) in [4.78, 5) is 1.48. The summed E-state index contributed by atoms with van der Waals surface area (Å²) in [6.07, 6.45) is -2.60. The third-order valence-corrected chi connectivity index (χ3v) is 3.57. The lowest BCUT2D eigenvalue weighted by Crippen LogP contribution is -2.45. The summed E-state index contributed by atoms with van der Waals surface area (Å²) < 4.78 is 38.9. The fourth-order valence-electron chi connectivity index (χ4n) is 2.53. The largest absolute Gasteiger partial charge is 0.401 e. The van der Waals surface area contributed by atoms with Crippen LogP contribution in [0.4, 0.5) is 13.2 Å². The first-order chi connectivity index (χ1) is 8.85. The molecular formula is C13H20F3N3. The Labute approximate surface area is 111 Å². The van der Waals surface area contributed by atoms with Crippen molar-refractivity contribution in [2.45, 2.75) is 38.9 Å². The van der Waals surface area contributed by atoms with Crippen molar-refractivity contribution in [1.82, 2.24) is 9.58 Å². The topological polar surface area (TPSA) is 20.2 Å². The minimum absolute atomic E-state index is 0.245. The van der Waals surface area contributed by atoms with Crippen LogP contribution in [0.25, 0.3) is 0 Å². The van der Waals surface area contributed by atoms with Crippen LogP contribution in [0.5, 0.6) is 0 Å². The highest BCUT2D eigenvalue weighted by Gasteiger charge is 2.32. The lowest BCUT2D eigenvalue weighted by atomic mass is 10.1. The Morgan fingerprint density at radius 3 is 2.16 bits per heavy atom. The zero-order chi connectivity index (χ0) is 14.0. The molecule has 0 aromatic carbocycles. The molecule has 0 aliphatic carbocycles. The Morgan fingerprint density at radius 2 is 1.68 bits per heavy atom. The van der Waals surface area contributed by atoms with E-state index in [1.807, 2.05) is 30.7 Å². The smallest absolute Gasteiger partial charge is 0.323 e. The number of aryl methyl sites for hydroxylation is 2. The van der Waals surface area contributed by atoms with Gasteiger partial charge in [0.05, 0.1) is 6.54 Å². The predicted molar refractivity (Wildman–Crippen MR) is 68.8 cm³/mol. The average Bonchev–Trinajstić information content (AvgIpc) is 2.61. The van der Waals surface area contributed by atoms with Crippen LogP contribution in [0.2, 0.25) is 0 Å². The maximum atomic E-state index is 12.3. The molecule has 1 aliphatic heterocycles. The van der Waals surface area contributed by atoms with Gasteiger partial charge in [-0.05, 0) is 38.8 Å². The van der Waals surface area contributed by atoms with E-state index in [0.29, 0.717) is 13.1 Å². The molecule has 1 aromatic rings. The van der Waals surface area contributed by atoms with Gasteiger partial charge < -0.3 is 5.43 Å². The lowest BCUT2D eigenvalue weighted by Gasteiger charge is -2.33. The van der Waals surface area contributed by atoms with Crippen molar-refractivity contribution in [3.8, 4) is 0 Å². The van der Waals surface area contributed by atoms with Gasteiger partial charge in [0.15, 0.2) is 0 Å². The van der Waals surface area contributed by atoms with Crippen molar-refractivity contribution >= 4 is 0 Å². The molecule has 0 bridgehead atoms. The van der Waals surface area contributed by atoms with Crippen molar-refractivity contribution < 1.29 is 13.2 Å². The molecule has 6 heteroatoms. The summed E-state index contributed by atoms with van der Waals surface area (Å²) in [5, 5.41) is 0. The highest BCUT2D eigenvalue weighted by molar-refractivity contribution is 5.16. The third kappa shape index (κ3) is 3.89. The summed E-state index contributed by atoms with van der Waals surface area (Å²) in [5.74, 6) is 0. The second kappa shape index (κ2) is 5.45. The summed E-state index contributed by atoms with van der Waals surface area (Å²) in [6.45, 7) is 4.23. The molecule has 1 aromatic heterocycles. The van der Waals surface area contributed by atoms with Crippen molar-refractivity contribution in [3.63, 3.8) is 0 Å².